The summed E-state index contributed by atoms with van der Waals surface area (Å²) in [5, 5.41) is 3.83. The van der Waals surface area contributed by atoms with Crippen LogP contribution in [0.5, 0.6) is 0 Å². The lowest BCUT2D eigenvalue weighted by atomic mass is 10.0. The fourth-order valence-corrected chi connectivity index (χ4v) is 3.61. The number of nitrogens with zero attached hydrogens (tertiary/aromatic N) is 2. The Hall–Kier alpha value is -1.84. The van der Waals surface area contributed by atoms with Crippen molar-refractivity contribution in [3.05, 3.63) is 65.7 Å². The molecule has 25 heavy (non-hydrogen) atoms. The van der Waals surface area contributed by atoms with Crippen molar-refractivity contribution < 1.29 is 0 Å². The summed E-state index contributed by atoms with van der Waals surface area (Å²) in [6.07, 6.45) is 2.46. The first-order chi connectivity index (χ1) is 12.1. The summed E-state index contributed by atoms with van der Waals surface area (Å²) in [5.74, 6) is 0. The highest BCUT2D eigenvalue weighted by Crippen LogP contribution is 2.21. The van der Waals surface area contributed by atoms with Crippen LogP contribution in [0.25, 0.3) is 0 Å². The summed E-state index contributed by atoms with van der Waals surface area (Å²) in [6, 6.07) is 20.7. The Morgan fingerprint density at radius 1 is 1.00 bits per heavy atom. The Balaban J connectivity index is 1.46. The van der Waals surface area contributed by atoms with E-state index in [2.05, 4.69) is 90.7 Å². The van der Waals surface area contributed by atoms with Gasteiger partial charge < -0.3 is 10.2 Å². The number of hydrogen-bond donors (Lipinski definition) is 1. The van der Waals surface area contributed by atoms with Gasteiger partial charge in [0.15, 0.2) is 0 Å². The van der Waals surface area contributed by atoms with Crippen molar-refractivity contribution >= 4 is 5.69 Å². The van der Waals surface area contributed by atoms with E-state index in [1.165, 1.54) is 42.7 Å². The first-order valence-electron chi connectivity index (χ1n) is 9.41. The van der Waals surface area contributed by atoms with E-state index in [0.29, 0.717) is 12.1 Å². The van der Waals surface area contributed by atoms with Gasteiger partial charge in [0.25, 0.3) is 0 Å². The monoisotopic (exact) mass is 337 g/mol. The number of piperidine rings is 1. The van der Waals surface area contributed by atoms with Crippen LogP contribution in [-0.2, 0) is 6.54 Å². The minimum atomic E-state index is 0.405. The van der Waals surface area contributed by atoms with Gasteiger partial charge in [0, 0.05) is 38.4 Å². The van der Waals surface area contributed by atoms with Crippen molar-refractivity contribution in [2.24, 2.45) is 0 Å². The van der Waals surface area contributed by atoms with Crippen molar-refractivity contribution in [1.29, 1.82) is 0 Å². The first kappa shape index (κ1) is 18.0. The fraction of sp³-hybridized carbons (Fsp3) is 0.455. The van der Waals surface area contributed by atoms with Gasteiger partial charge in [-0.15, -0.1) is 0 Å². The quantitative estimate of drug-likeness (QED) is 0.857. The van der Waals surface area contributed by atoms with Crippen LogP contribution in [0.2, 0.25) is 0 Å². The maximum atomic E-state index is 3.83. The number of nitrogens with one attached hydrogen (secondary N) is 1. The molecule has 0 saturated carbocycles. The lowest BCUT2D eigenvalue weighted by Crippen LogP contribution is -2.42. The average molecular weight is 338 g/mol. The number of benzene rings is 2. The van der Waals surface area contributed by atoms with Crippen LogP contribution in [0.1, 0.15) is 36.9 Å². The Labute approximate surface area is 152 Å². The molecule has 3 heteroatoms. The van der Waals surface area contributed by atoms with Gasteiger partial charge in [-0.05, 0) is 56.1 Å². The summed E-state index contributed by atoms with van der Waals surface area (Å²) in [6.45, 7) is 5.72. The van der Waals surface area contributed by atoms with Crippen LogP contribution >= 0.6 is 0 Å². The molecule has 0 amide bonds. The van der Waals surface area contributed by atoms with E-state index >= 15 is 0 Å². The van der Waals surface area contributed by atoms with E-state index in [1.54, 1.807) is 0 Å². The molecule has 1 aliphatic rings. The van der Waals surface area contributed by atoms with Gasteiger partial charge in [-0.2, -0.15) is 0 Å². The molecule has 1 N–H and O–H groups in total. The van der Waals surface area contributed by atoms with Gasteiger partial charge in [0.05, 0.1) is 0 Å². The molecule has 0 radical (unpaired) electrons. The van der Waals surface area contributed by atoms with Gasteiger partial charge >= 0.3 is 0 Å². The number of rotatable bonds is 6. The third-order valence-corrected chi connectivity index (χ3v) is 5.23. The van der Waals surface area contributed by atoms with Crippen LogP contribution in [0.3, 0.4) is 0 Å². The second-order valence-corrected chi connectivity index (χ2v) is 7.41. The van der Waals surface area contributed by atoms with Gasteiger partial charge in [0.1, 0.15) is 0 Å². The number of anilines is 1. The predicted octanol–water partition coefficient (Wildman–Crippen LogP) is 4.07. The molecule has 1 fully saturated rings. The number of likely N-dealkylation sites (tertiary alicyclic amines) is 1. The highest BCUT2D eigenvalue weighted by atomic mass is 15.1. The Bertz CT molecular complexity index is 628. The summed E-state index contributed by atoms with van der Waals surface area (Å²) in [5.41, 5.74) is 4.05. The van der Waals surface area contributed by atoms with Gasteiger partial charge in [-0.3, -0.25) is 4.90 Å². The molecule has 3 rings (SSSR count). The molecule has 1 aliphatic heterocycles. The zero-order valence-electron chi connectivity index (χ0n) is 15.8. The highest BCUT2D eigenvalue weighted by molar-refractivity contribution is 5.46. The lowest BCUT2D eigenvalue weighted by molar-refractivity contribution is 0.185. The first-order valence-corrected chi connectivity index (χ1v) is 9.41. The minimum absolute atomic E-state index is 0.405. The number of hydrogen-bond acceptors (Lipinski definition) is 3. The molecule has 0 aromatic heterocycles. The van der Waals surface area contributed by atoms with Crippen LogP contribution in [0.15, 0.2) is 54.6 Å². The molecule has 0 bridgehead atoms. The van der Waals surface area contributed by atoms with Crippen LogP contribution in [0, 0.1) is 0 Å². The van der Waals surface area contributed by atoms with Gasteiger partial charge in [-0.25, -0.2) is 0 Å². The second-order valence-electron chi connectivity index (χ2n) is 7.41. The van der Waals surface area contributed by atoms with E-state index in [1.807, 2.05) is 0 Å². The van der Waals surface area contributed by atoms with Gasteiger partial charge in [0.2, 0.25) is 0 Å². The second kappa shape index (κ2) is 8.50. The molecule has 1 heterocycles. The van der Waals surface area contributed by atoms with Crippen molar-refractivity contribution in [2.75, 3.05) is 32.1 Å². The van der Waals surface area contributed by atoms with E-state index in [4.69, 9.17) is 0 Å². The molecule has 0 spiro atoms. The maximum Gasteiger partial charge on any atom is 0.0361 e. The minimum Gasteiger partial charge on any atom is -0.378 e. The summed E-state index contributed by atoms with van der Waals surface area (Å²) in [4.78, 5) is 4.72. The van der Waals surface area contributed by atoms with Crippen LogP contribution in [0.4, 0.5) is 5.69 Å². The molecule has 3 nitrogen and oxygen atoms in total. The summed E-state index contributed by atoms with van der Waals surface area (Å²) < 4.78 is 0. The van der Waals surface area contributed by atoms with Crippen molar-refractivity contribution in [1.82, 2.24) is 10.2 Å². The molecule has 2 aromatic rings. The standard InChI is InChI=1S/C22H31N3/c1-18(20-9-11-22(12-10-20)24(2)3)23-21-13-15-25(16-14-21)17-19-7-5-4-6-8-19/h4-12,18,21,23H,13-17H2,1-3H3. The Kier molecular flexibility index (Phi) is 6.11. The average Bonchev–Trinajstić information content (AvgIpc) is 2.64. The molecule has 0 aliphatic carbocycles. The molecule has 1 unspecified atom stereocenters. The van der Waals surface area contributed by atoms with E-state index in [-0.39, 0.29) is 0 Å². The Morgan fingerprint density at radius 2 is 1.64 bits per heavy atom. The van der Waals surface area contributed by atoms with E-state index in [9.17, 15) is 0 Å². The highest BCUT2D eigenvalue weighted by Gasteiger charge is 2.20. The topological polar surface area (TPSA) is 18.5 Å². The normalized spacial score (nSPS) is 17.4. The predicted molar refractivity (Wildman–Crippen MR) is 107 cm³/mol. The SMILES string of the molecule is CC(NC1CCN(Cc2ccccc2)CC1)c1ccc(N(C)C)cc1. The van der Waals surface area contributed by atoms with Crippen molar-refractivity contribution in [2.45, 2.75) is 38.4 Å². The summed E-state index contributed by atoms with van der Waals surface area (Å²) in [7, 11) is 4.17. The van der Waals surface area contributed by atoms with Gasteiger partial charge in [-0.1, -0.05) is 42.5 Å². The molecule has 1 saturated heterocycles. The van der Waals surface area contributed by atoms with Crippen LogP contribution in [-0.4, -0.2) is 38.1 Å². The maximum absolute atomic E-state index is 3.83. The third kappa shape index (κ3) is 5.07. The smallest absolute Gasteiger partial charge is 0.0361 e. The van der Waals surface area contributed by atoms with E-state index in [0.717, 1.165) is 6.54 Å². The Morgan fingerprint density at radius 3 is 2.24 bits per heavy atom. The molecular weight excluding hydrogens is 306 g/mol. The zero-order chi connectivity index (χ0) is 17.6. The van der Waals surface area contributed by atoms with Crippen LogP contribution < -0.4 is 10.2 Å². The summed E-state index contributed by atoms with van der Waals surface area (Å²) >= 11 is 0. The molecule has 134 valence electrons. The van der Waals surface area contributed by atoms with E-state index < -0.39 is 0 Å². The molecule has 2 aromatic carbocycles. The zero-order valence-corrected chi connectivity index (χ0v) is 15.8. The largest absolute Gasteiger partial charge is 0.378 e. The fourth-order valence-electron chi connectivity index (χ4n) is 3.61. The van der Waals surface area contributed by atoms with Crippen molar-refractivity contribution in [3.63, 3.8) is 0 Å². The third-order valence-electron chi connectivity index (χ3n) is 5.23. The molecule has 1 atom stereocenters. The van der Waals surface area contributed by atoms with Crippen molar-refractivity contribution in [3.8, 4) is 0 Å². The molecular formula is C22H31N3. The lowest BCUT2D eigenvalue weighted by Gasteiger charge is -2.34.